The van der Waals surface area contributed by atoms with Crippen molar-refractivity contribution in [3.05, 3.63) is 85.1 Å². The molecule has 0 fully saturated rings. The molecule has 0 aliphatic heterocycles. The first kappa shape index (κ1) is 74.2. The third kappa shape index (κ3) is 62.3. The minimum atomic E-state index is -4.39. The van der Waals surface area contributed by atoms with E-state index in [4.69, 9.17) is 24.3 Å². The minimum Gasteiger partial charge on any atom is -0.462 e. The van der Waals surface area contributed by atoms with E-state index in [9.17, 15) is 19.0 Å². The van der Waals surface area contributed by atoms with Gasteiger partial charge in [0.15, 0.2) is 6.10 Å². The van der Waals surface area contributed by atoms with Crippen LogP contribution in [-0.4, -0.2) is 49.3 Å². The summed E-state index contributed by atoms with van der Waals surface area (Å²) in [6, 6.07) is 0. The van der Waals surface area contributed by atoms with Gasteiger partial charge in [-0.05, 0) is 89.9 Å². The van der Waals surface area contributed by atoms with Crippen LogP contribution in [0, 0.1) is 0 Å². The third-order valence-electron chi connectivity index (χ3n) is 13.8. The number of allylic oxidation sites excluding steroid dienone is 14. The maximum absolute atomic E-state index is 12.7. The minimum absolute atomic E-state index is 0.0519. The Bertz CT molecular complexity index is 1530. The van der Waals surface area contributed by atoms with Gasteiger partial charge in [0.05, 0.1) is 13.2 Å². The molecule has 0 heterocycles. The second-order valence-corrected chi connectivity index (χ2v) is 22.7. The monoisotopic (exact) mass is 1100 g/mol. The lowest BCUT2D eigenvalue weighted by atomic mass is 10.0. The van der Waals surface area contributed by atoms with Gasteiger partial charge in [-0.1, -0.05) is 279 Å². The van der Waals surface area contributed by atoms with Gasteiger partial charge >= 0.3 is 19.8 Å². The first-order chi connectivity index (χ1) is 37.8. The summed E-state index contributed by atoms with van der Waals surface area (Å²) in [4.78, 5) is 35.3. The zero-order valence-corrected chi connectivity index (χ0v) is 50.8. The normalized spacial score (nSPS) is 13.6. The second-order valence-electron chi connectivity index (χ2n) is 21.2. The van der Waals surface area contributed by atoms with Gasteiger partial charge in [-0.15, -0.1) is 0 Å². The van der Waals surface area contributed by atoms with Crippen LogP contribution in [0.1, 0.15) is 296 Å². The van der Waals surface area contributed by atoms with Crippen molar-refractivity contribution in [2.75, 3.05) is 26.4 Å². The zero-order chi connectivity index (χ0) is 55.9. The predicted molar refractivity (Wildman–Crippen MR) is 330 cm³/mol. The van der Waals surface area contributed by atoms with E-state index >= 15 is 0 Å². The maximum Gasteiger partial charge on any atom is 0.472 e. The Hall–Kier alpha value is -2.81. The molecule has 0 aliphatic carbocycles. The average Bonchev–Trinajstić information content (AvgIpc) is 3.42. The summed E-state index contributed by atoms with van der Waals surface area (Å²) in [7, 11) is -4.39. The van der Waals surface area contributed by atoms with Crippen molar-refractivity contribution in [2.45, 2.75) is 302 Å². The largest absolute Gasteiger partial charge is 0.472 e. The number of nitrogens with two attached hydrogens (primary N) is 1. The van der Waals surface area contributed by atoms with Crippen LogP contribution >= 0.6 is 7.82 Å². The summed E-state index contributed by atoms with van der Waals surface area (Å²) in [5.74, 6) is -0.821. The number of phosphoric ester groups is 1. The van der Waals surface area contributed by atoms with E-state index in [1.165, 1.54) is 186 Å². The van der Waals surface area contributed by atoms with E-state index in [0.717, 1.165) is 77.0 Å². The fourth-order valence-corrected chi connectivity index (χ4v) is 9.81. The quantitative estimate of drug-likeness (QED) is 0.0264. The van der Waals surface area contributed by atoms with Gasteiger partial charge in [0, 0.05) is 19.4 Å². The highest BCUT2D eigenvalue weighted by Crippen LogP contribution is 2.43. The van der Waals surface area contributed by atoms with Crippen molar-refractivity contribution in [3.63, 3.8) is 0 Å². The van der Waals surface area contributed by atoms with E-state index < -0.39 is 26.5 Å². The Morgan fingerprint density at radius 3 is 1.08 bits per heavy atom. The molecule has 2 atom stereocenters. The molecule has 0 bridgehead atoms. The van der Waals surface area contributed by atoms with Crippen molar-refractivity contribution in [3.8, 4) is 0 Å². The molecule has 77 heavy (non-hydrogen) atoms. The van der Waals surface area contributed by atoms with Crippen LogP contribution in [0.15, 0.2) is 85.1 Å². The van der Waals surface area contributed by atoms with Crippen molar-refractivity contribution in [2.24, 2.45) is 5.73 Å². The molecule has 9 nitrogen and oxygen atoms in total. The summed E-state index contributed by atoms with van der Waals surface area (Å²) in [5.41, 5.74) is 5.39. The van der Waals surface area contributed by atoms with Crippen LogP contribution < -0.4 is 5.73 Å². The summed E-state index contributed by atoms with van der Waals surface area (Å²) in [6.45, 7) is 3.66. The van der Waals surface area contributed by atoms with Crippen LogP contribution in [0.25, 0.3) is 0 Å². The van der Waals surface area contributed by atoms with Crippen molar-refractivity contribution < 1.29 is 37.6 Å². The Morgan fingerprint density at radius 1 is 0.403 bits per heavy atom. The van der Waals surface area contributed by atoms with Gasteiger partial charge in [-0.2, -0.15) is 0 Å². The lowest BCUT2D eigenvalue weighted by Crippen LogP contribution is -2.29. The number of carbonyl (C=O) groups is 2. The summed E-state index contributed by atoms with van der Waals surface area (Å²) >= 11 is 0. The Labute approximate surface area is 474 Å². The average molecular weight is 1100 g/mol. The van der Waals surface area contributed by atoms with Crippen molar-refractivity contribution in [1.82, 2.24) is 0 Å². The number of phosphoric acid groups is 1. The SMILES string of the molecule is CC/C=C\C/C=C\C/C=C\C/C=C\C/C=C\C/C=C\CCCCCCCCCCCCCCCCCCC(=O)OC(COC(=O)CCCCCCCCCCC/C=C\CCCCCCCCCC)COP(=O)(O)OCCN. The Balaban J connectivity index is 3.90. The van der Waals surface area contributed by atoms with E-state index in [-0.39, 0.29) is 38.6 Å². The molecule has 0 aromatic heterocycles. The first-order valence-corrected chi connectivity index (χ1v) is 33.6. The standard InChI is InChI=1S/C67H120NO8P/c1-3-5-7-9-11-13-15-17-19-21-23-25-26-27-28-29-30-31-32-33-34-35-36-37-38-40-42-44-46-48-50-52-54-56-58-60-67(70)76-65(64-75-77(71,72)74-62-61-68)63-73-66(69)59-57-55-53-51-49-47-45-43-41-39-24-22-20-18-16-14-12-10-8-6-4-2/h5,7,11,13,17,19,22-25,27-28,30-31,65H,3-4,6,8-10,12,14-16,18,20-21,26,29,32-64,68H2,1-2H3,(H,71,72)/b7-5-,13-11-,19-17-,24-22-,25-23-,28-27-,31-30-. The number of carbonyl (C=O) groups excluding carboxylic acids is 2. The first-order valence-electron chi connectivity index (χ1n) is 32.1. The molecular formula is C67H120NO8P. The Kier molecular flexibility index (Phi) is 60.1. The number of hydrogen-bond acceptors (Lipinski definition) is 8. The van der Waals surface area contributed by atoms with E-state index in [2.05, 4.69) is 98.9 Å². The number of esters is 2. The molecule has 0 spiro atoms. The van der Waals surface area contributed by atoms with Gasteiger partial charge in [-0.3, -0.25) is 18.6 Å². The Morgan fingerprint density at radius 2 is 0.714 bits per heavy atom. The third-order valence-corrected chi connectivity index (χ3v) is 14.7. The van der Waals surface area contributed by atoms with Gasteiger partial charge < -0.3 is 20.1 Å². The lowest BCUT2D eigenvalue weighted by molar-refractivity contribution is -0.161. The van der Waals surface area contributed by atoms with Crippen LogP contribution in [0.3, 0.4) is 0 Å². The van der Waals surface area contributed by atoms with Gasteiger partial charge in [0.25, 0.3) is 0 Å². The number of hydrogen-bond donors (Lipinski definition) is 2. The highest BCUT2D eigenvalue weighted by Gasteiger charge is 2.26. The van der Waals surface area contributed by atoms with E-state index in [1.54, 1.807) is 0 Å². The molecule has 0 aliphatic rings. The molecule has 446 valence electrons. The molecule has 0 amide bonds. The van der Waals surface area contributed by atoms with Crippen LogP contribution in [0.5, 0.6) is 0 Å². The summed E-state index contributed by atoms with van der Waals surface area (Å²) in [5, 5.41) is 0. The summed E-state index contributed by atoms with van der Waals surface area (Å²) in [6.07, 6.45) is 82.3. The zero-order valence-electron chi connectivity index (χ0n) is 49.9. The molecule has 0 saturated carbocycles. The molecule has 3 N–H and O–H groups in total. The highest BCUT2D eigenvalue weighted by atomic mass is 31.2. The van der Waals surface area contributed by atoms with Crippen molar-refractivity contribution >= 4 is 19.8 Å². The van der Waals surface area contributed by atoms with Crippen LogP contribution in [0.2, 0.25) is 0 Å². The highest BCUT2D eigenvalue weighted by molar-refractivity contribution is 7.47. The molecule has 10 heteroatoms. The fourth-order valence-electron chi connectivity index (χ4n) is 9.05. The lowest BCUT2D eigenvalue weighted by Gasteiger charge is -2.19. The van der Waals surface area contributed by atoms with Gasteiger partial charge in [0.1, 0.15) is 6.61 Å². The molecule has 0 saturated heterocycles. The van der Waals surface area contributed by atoms with Gasteiger partial charge in [-0.25, -0.2) is 4.57 Å². The number of rotatable bonds is 60. The molecule has 0 radical (unpaired) electrons. The second kappa shape index (κ2) is 62.4. The molecule has 0 rings (SSSR count). The van der Waals surface area contributed by atoms with Crippen LogP contribution in [-0.2, 0) is 32.7 Å². The smallest absolute Gasteiger partial charge is 0.462 e. The van der Waals surface area contributed by atoms with E-state index in [0.29, 0.717) is 6.42 Å². The summed E-state index contributed by atoms with van der Waals surface area (Å²) < 4.78 is 33.1. The molecule has 0 aromatic rings. The molecular weight excluding hydrogens is 978 g/mol. The predicted octanol–water partition coefficient (Wildman–Crippen LogP) is 20.6. The van der Waals surface area contributed by atoms with Gasteiger partial charge in [0.2, 0.25) is 0 Å². The number of unbranched alkanes of at least 4 members (excludes halogenated alkanes) is 33. The topological polar surface area (TPSA) is 134 Å². The van der Waals surface area contributed by atoms with Crippen molar-refractivity contribution in [1.29, 1.82) is 0 Å². The number of ether oxygens (including phenoxy) is 2. The molecule has 0 aromatic carbocycles. The van der Waals surface area contributed by atoms with Crippen LogP contribution in [0.4, 0.5) is 0 Å². The maximum atomic E-state index is 12.7. The molecule has 2 unspecified atom stereocenters. The van der Waals surface area contributed by atoms with E-state index in [1.807, 2.05) is 0 Å². The fraction of sp³-hybridized carbons (Fsp3) is 0.761.